The summed E-state index contributed by atoms with van der Waals surface area (Å²) in [6.45, 7) is 2.30. The molecule has 21 heavy (non-hydrogen) atoms. The standard InChI is InChI=1S/C14H15ClN2O2S2/c15-13-4-3-10(21-13)8-16-14(18)17-5-6-19-11(9-17)12-2-1-7-20-12/h1-4,7,11H,5-6,8-9H2,(H,16,18)/t11-/m0/s1. The lowest BCUT2D eigenvalue weighted by molar-refractivity contribution is -0.0135. The second-order valence-electron chi connectivity index (χ2n) is 4.69. The highest BCUT2D eigenvalue weighted by Gasteiger charge is 2.25. The van der Waals surface area contributed by atoms with Crippen LogP contribution in [0.1, 0.15) is 15.9 Å². The normalized spacial score (nSPS) is 18.7. The molecule has 2 amide bonds. The van der Waals surface area contributed by atoms with Crippen molar-refractivity contribution in [2.45, 2.75) is 12.6 Å². The minimum atomic E-state index is -0.0515. The van der Waals surface area contributed by atoms with E-state index in [1.165, 1.54) is 11.3 Å². The average molecular weight is 343 g/mol. The van der Waals surface area contributed by atoms with Gasteiger partial charge in [-0.2, -0.15) is 0 Å². The quantitative estimate of drug-likeness (QED) is 0.923. The van der Waals surface area contributed by atoms with Crippen LogP contribution in [0.2, 0.25) is 4.34 Å². The van der Waals surface area contributed by atoms with Crippen LogP contribution < -0.4 is 5.32 Å². The minimum Gasteiger partial charge on any atom is -0.369 e. The van der Waals surface area contributed by atoms with Gasteiger partial charge in [-0.15, -0.1) is 22.7 Å². The Bertz CT molecular complexity index is 600. The number of morpholine rings is 1. The Morgan fingerprint density at radius 2 is 2.38 bits per heavy atom. The van der Waals surface area contributed by atoms with Gasteiger partial charge in [-0.25, -0.2) is 4.79 Å². The summed E-state index contributed by atoms with van der Waals surface area (Å²) in [6.07, 6.45) is -0.0133. The monoisotopic (exact) mass is 342 g/mol. The van der Waals surface area contributed by atoms with Crippen molar-refractivity contribution in [2.75, 3.05) is 19.7 Å². The van der Waals surface area contributed by atoms with Crippen molar-refractivity contribution in [1.82, 2.24) is 10.2 Å². The van der Waals surface area contributed by atoms with E-state index in [2.05, 4.69) is 5.32 Å². The molecule has 1 atom stereocenters. The second-order valence-corrected chi connectivity index (χ2v) is 7.46. The summed E-state index contributed by atoms with van der Waals surface area (Å²) in [4.78, 5) is 16.3. The Labute approximate surface area is 136 Å². The van der Waals surface area contributed by atoms with Crippen molar-refractivity contribution in [2.24, 2.45) is 0 Å². The van der Waals surface area contributed by atoms with Crippen LogP contribution in [0.15, 0.2) is 29.6 Å². The first kappa shape index (κ1) is 14.8. The van der Waals surface area contributed by atoms with Gasteiger partial charge >= 0.3 is 6.03 Å². The summed E-state index contributed by atoms with van der Waals surface area (Å²) in [5, 5.41) is 4.96. The topological polar surface area (TPSA) is 41.6 Å². The lowest BCUT2D eigenvalue weighted by Crippen LogP contribution is -2.46. The molecule has 1 saturated heterocycles. The molecule has 7 heteroatoms. The van der Waals surface area contributed by atoms with Crippen LogP contribution in [0.5, 0.6) is 0 Å². The lowest BCUT2D eigenvalue weighted by Gasteiger charge is -2.32. The van der Waals surface area contributed by atoms with E-state index in [9.17, 15) is 4.79 Å². The van der Waals surface area contributed by atoms with E-state index in [1.54, 1.807) is 11.3 Å². The Kier molecular flexibility index (Phi) is 4.80. The molecule has 1 aliphatic heterocycles. The highest BCUT2D eigenvalue weighted by atomic mass is 35.5. The van der Waals surface area contributed by atoms with E-state index in [1.807, 2.05) is 34.5 Å². The van der Waals surface area contributed by atoms with Gasteiger partial charge in [0.2, 0.25) is 0 Å². The number of carbonyl (C=O) groups is 1. The van der Waals surface area contributed by atoms with Crippen LogP contribution in [-0.4, -0.2) is 30.6 Å². The van der Waals surface area contributed by atoms with E-state index in [4.69, 9.17) is 16.3 Å². The minimum absolute atomic E-state index is 0.0133. The molecule has 2 aromatic rings. The summed E-state index contributed by atoms with van der Waals surface area (Å²) in [6, 6.07) is 7.77. The molecule has 3 rings (SSSR count). The third-order valence-corrected chi connectivity index (χ3v) is 5.45. The molecule has 3 heterocycles. The van der Waals surface area contributed by atoms with Crippen molar-refractivity contribution in [1.29, 1.82) is 0 Å². The average Bonchev–Trinajstić information content (AvgIpc) is 3.16. The maximum absolute atomic E-state index is 12.2. The predicted octanol–water partition coefficient (Wildman–Crippen LogP) is 3.75. The third-order valence-electron chi connectivity index (χ3n) is 3.26. The Morgan fingerprint density at radius 1 is 1.48 bits per heavy atom. The van der Waals surface area contributed by atoms with E-state index < -0.39 is 0 Å². The van der Waals surface area contributed by atoms with E-state index >= 15 is 0 Å². The molecule has 1 N–H and O–H groups in total. The van der Waals surface area contributed by atoms with Crippen LogP contribution in [0.3, 0.4) is 0 Å². The predicted molar refractivity (Wildman–Crippen MR) is 86.1 cm³/mol. The number of nitrogens with zero attached hydrogens (tertiary/aromatic N) is 1. The molecule has 2 aromatic heterocycles. The fourth-order valence-corrected chi connectivity index (χ4v) is 3.99. The highest BCUT2D eigenvalue weighted by molar-refractivity contribution is 7.16. The number of thiophene rings is 2. The first-order valence-electron chi connectivity index (χ1n) is 6.64. The molecule has 0 aliphatic carbocycles. The largest absolute Gasteiger partial charge is 0.369 e. The van der Waals surface area contributed by atoms with Gasteiger partial charge < -0.3 is 15.0 Å². The molecular weight excluding hydrogens is 328 g/mol. The molecular formula is C14H15ClN2O2S2. The smallest absolute Gasteiger partial charge is 0.317 e. The molecule has 4 nitrogen and oxygen atoms in total. The number of rotatable bonds is 3. The SMILES string of the molecule is O=C(NCc1ccc(Cl)s1)N1CCO[C@H](c2cccs2)C1. The highest BCUT2D eigenvalue weighted by Crippen LogP contribution is 2.26. The number of nitrogens with one attached hydrogen (secondary N) is 1. The van der Waals surface area contributed by atoms with E-state index in [-0.39, 0.29) is 12.1 Å². The number of hydrogen-bond acceptors (Lipinski definition) is 4. The van der Waals surface area contributed by atoms with Crippen molar-refractivity contribution < 1.29 is 9.53 Å². The van der Waals surface area contributed by atoms with Gasteiger partial charge in [-0.05, 0) is 23.6 Å². The zero-order valence-electron chi connectivity index (χ0n) is 11.3. The molecule has 1 aliphatic rings. The van der Waals surface area contributed by atoms with Gasteiger partial charge in [0.1, 0.15) is 6.10 Å². The molecule has 0 radical (unpaired) electrons. The van der Waals surface area contributed by atoms with Crippen LogP contribution in [-0.2, 0) is 11.3 Å². The maximum atomic E-state index is 12.2. The summed E-state index contributed by atoms with van der Waals surface area (Å²) in [5.41, 5.74) is 0. The van der Waals surface area contributed by atoms with Crippen molar-refractivity contribution in [3.8, 4) is 0 Å². The Morgan fingerprint density at radius 3 is 3.10 bits per heavy atom. The third kappa shape index (κ3) is 3.77. The van der Waals surface area contributed by atoms with Gasteiger partial charge in [-0.1, -0.05) is 17.7 Å². The number of halogens is 1. The zero-order chi connectivity index (χ0) is 14.7. The molecule has 0 bridgehead atoms. The fraction of sp³-hybridized carbons (Fsp3) is 0.357. The first-order chi connectivity index (χ1) is 10.2. The van der Waals surface area contributed by atoms with Crippen LogP contribution in [0, 0.1) is 0 Å². The number of carbonyl (C=O) groups excluding carboxylic acids is 1. The molecule has 0 spiro atoms. The Balaban J connectivity index is 1.54. The number of amides is 2. The first-order valence-corrected chi connectivity index (χ1v) is 8.72. The van der Waals surface area contributed by atoms with Gasteiger partial charge in [0, 0.05) is 16.3 Å². The summed E-state index contributed by atoms with van der Waals surface area (Å²) in [5.74, 6) is 0. The number of hydrogen-bond donors (Lipinski definition) is 1. The molecule has 0 saturated carbocycles. The fourth-order valence-electron chi connectivity index (χ4n) is 2.20. The van der Waals surface area contributed by atoms with Gasteiger partial charge in [0.15, 0.2) is 0 Å². The van der Waals surface area contributed by atoms with Gasteiger partial charge in [-0.3, -0.25) is 0 Å². The maximum Gasteiger partial charge on any atom is 0.317 e. The van der Waals surface area contributed by atoms with Gasteiger partial charge in [0.05, 0.1) is 24.0 Å². The summed E-state index contributed by atoms with van der Waals surface area (Å²) in [7, 11) is 0. The van der Waals surface area contributed by atoms with Crippen LogP contribution in [0.4, 0.5) is 4.79 Å². The van der Waals surface area contributed by atoms with E-state index in [0.29, 0.717) is 26.2 Å². The lowest BCUT2D eigenvalue weighted by atomic mass is 10.2. The van der Waals surface area contributed by atoms with Crippen LogP contribution in [0.25, 0.3) is 0 Å². The Hall–Kier alpha value is -1.08. The summed E-state index contributed by atoms with van der Waals surface area (Å²) < 4.78 is 6.48. The van der Waals surface area contributed by atoms with Gasteiger partial charge in [0.25, 0.3) is 0 Å². The second kappa shape index (κ2) is 6.79. The van der Waals surface area contributed by atoms with E-state index in [0.717, 1.165) is 14.1 Å². The molecule has 1 fully saturated rings. The van der Waals surface area contributed by atoms with Crippen LogP contribution >= 0.6 is 34.3 Å². The number of urea groups is 1. The van der Waals surface area contributed by atoms with Crippen molar-refractivity contribution in [3.63, 3.8) is 0 Å². The van der Waals surface area contributed by atoms with Crippen molar-refractivity contribution in [3.05, 3.63) is 43.7 Å². The molecule has 112 valence electrons. The molecule has 0 unspecified atom stereocenters. The summed E-state index contributed by atoms with van der Waals surface area (Å²) >= 11 is 9.02. The number of ether oxygens (including phenoxy) is 1. The molecule has 0 aromatic carbocycles. The van der Waals surface area contributed by atoms with Crippen molar-refractivity contribution >= 4 is 40.3 Å². The zero-order valence-corrected chi connectivity index (χ0v) is 13.6.